The molecule has 0 spiro atoms. The second-order valence-electron chi connectivity index (χ2n) is 2.51. The second kappa shape index (κ2) is 5.13. The molecule has 0 unspecified atom stereocenters. The zero-order valence-electron chi connectivity index (χ0n) is 7.53. The van der Waals surface area contributed by atoms with Crippen LogP contribution in [0.5, 0.6) is 0 Å². The minimum absolute atomic E-state index is 0.165. The summed E-state index contributed by atoms with van der Waals surface area (Å²) in [6, 6.07) is 1.74. The van der Waals surface area contributed by atoms with Gasteiger partial charge in [-0.15, -0.1) is 0 Å². The van der Waals surface area contributed by atoms with Crippen molar-refractivity contribution in [3.05, 3.63) is 39.0 Å². The molecule has 0 aliphatic heterocycles. The van der Waals surface area contributed by atoms with Gasteiger partial charge in [-0.25, -0.2) is 4.98 Å². The Morgan fingerprint density at radius 3 is 3.14 bits per heavy atom. The minimum Gasteiger partial charge on any atom is -0.243 e. The maximum Gasteiger partial charge on any atom is 0.129 e. The summed E-state index contributed by atoms with van der Waals surface area (Å²) in [5.41, 5.74) is 9.77. The van der Waals surface area contributed by atoms with Crippen molar-refractivity contribution >= 4 is 11.6 Å². The lowest BCUT2D eigenvalue weighted by Gasteiger charge is -1.96. The summed E-state index contributed by atoms with van der Waals surface area (Å²) in [5.74, 6) is 5.55. The van der Waals surface area contributed by atoms with Crippen molar-refractivity contribution in [2.75, 3.05) is 6.54 Å². The van der Waals surface area contributed by atoms with Crippen molar-refractivity contribution < 1.29 is 0 Å². The minimum atomic E-state index is 0.165. The second-order valence-corrected chi connectivity index (χ2v) is 2.90. The standard InChI is InChI=1S/C9H7ClN4/c1-7-5-9(10)12-6-8(7)3-2-4-13-14-11/h5-6H,4H2,1H3. The molecule has 1 aromatic heterocycles. The van der Waals surface area contributed by atoms with Gasteiger partial charge in [-0.1, -0.05) is 28.6 Å². The number of hydrogen-bond donors (Lipinski definition) is 0. The van der Waals surface area contributed by atoms with Gasteiger partial charge in [-0.05, 0) is 24.1 Å². The smallest absolute Gasteiger partial charge is 0.129 e. The van der Waals surface area contributed by atoms with Gasteiger partial charge in [0.2, 0.25) is 0 Å². The third-order valence-corrected chi connectivity index (χ3v) is 1.72. The van der Waals surface area contributed by atoms with Gasteiger partial charge in [0.05, 0.1) is 6.54 Å². The molecule has 0 N–H and O–H groups in total. The molecule has 0 bridgehead atoms. The Labute approximate surface area is 86.5 Å². The highest BCUT2D eigenvalue weighted by Gasteiger charge is 1.95. The number of aromatic nitrogens is 1. The summed E-state index contributed by atoms with van der Waals surface area (Å²) in [5, 5.41) is 3.74. The van der Waals surface area contributed by atoms with Crippen molar-refractivity contribution in [3.63, 3.8) is 0 Å². The average Bonchev–Trinajstić information content (AvgIpc) is 2.15. The predicted molar refractivity (Wildman–Crippen MR) is 54.9 cm³/mol. The SMILES string of the molecule is Cc1cc(Cl)ncc1C#CCN=[N+]=[N-]. The van der Waals surface area contributed by atoms with Crippen LogP contribution >= 0.6 is 11.6 Å². The van der Waals surface area contributed by atoms with Crippen LogP contribution in [0.3, 0.4) is 0 Å². The Hall–Kier alpha value is -1.69. The molecule has 0 aliphatic rings. The molecule has 0 saturated carbocycles. The first-order valence-corrected chi connectivity index (χ1v) is 4.23. The van der Waals surface area contributed by atoms with Gasteiger partial charge in [0.15, 0.2) is 0 Å². The summed E-state index contributed by atoms with van der Waals surface area (Å²) in [7, 11) is 0. The highest BCUT2D eigenvalue weighted by atomic mass is 35.5. The average molecular weight is 207 g/mol. The maximum absolute atomic E-state index is 8.02. The topological polar surface area (TPSA) is 61.7 Å². The lowest BCUT2D eigenvalue weighted by molar-refractivity contribution is 1.24. The van der Waals surface area contributed by atoms with Crippen molar-refractivity contribution in [1.82, 2.24) is 4.98 Å². The number of rotatable bonds is 1. The molecule has 0 fully saturated rings. The quantitative estimate of drug-likeness (QED) is 0.229. The van der Waals surface area contributed by atoms with E-state index in [1.807, 2.05) is 6.92 Å². The first kappa shape index (κ1) is 10.4. The normalized spacial score (nSPS) is 8.43. The van der Waals surface area contributed by atoms with Crippen LogP contribution in [0.15, 0.2) is 17.4 Å². The maximum atomic E-state index is 8.02. The van der Waals surface area contributed by atoms with Crippen LogP contribution in [-0.2, 0) is 0 Å². The Bertz CT molecular complexity index is 438. The van der Waals surface area contributed by atoms with E-state index in [0.29, 0.717) is 5.15 Å². The lowest BCUT2D eigenvalue weighted by atomic mass is 10.2. The van der Waals surface area contributed by atoms with Crippen LogP contribution in [0.25, 0.3) is 10.4 Å². The molecule has 70 valence electrons. The molecular formula is C9H7ClN4. The van der Waals surface area contributed by atoms with Crippen molar-refractivity contribution in [2.24, 2.45) is 5.11 Å². The van der Waals surface area contributed by atoms with Crippen molar-refractivity contribution in [3.8, 4) is 11.8 Å². The van der Waals surface area contributed by atoms with Gasteiger partial charge in [0, 0.05) is 16.7 Å². The van der Waals surface area contributed by atoms with Crippen LogP contribution in [0.1, 0.15) is 11.1 Å². The lowest BCUT2D eigenvalue weighted by Crippen LogP contribution is -1.85. The van der Waals surface area contributed by atoms with E-state index in [1.54, 1.807) is 12.3 Å². The van der Waals surface area contributed by atoms with E-state index in [1.165, 1.54) is 0 Å². The van der Waals surface area contributed by atoms with E-state index in [-0.39, 0.29) is 6.54 Å². The van der Waals surface area contributed by atoms with Gasteiger partial charge < -0.3 is 0 Å². The molecule has 14 heavy (non-hydrogen) atoms. The van der Waals surface area contributed by atoms with E-state index in [2.05, 4.69) is 26.9 Å². The van der Waals surface area contributed by atoms with E-state index in [0.717, 1.165) is 11.1 Å². The first-order chi connectivity index (χ1) is 6.74. The number of halogens is 1. The molecule has 0 aliphatic carbocycles. The number of hydrogen-bond acceptors (Lipinski definition) is 2. The molecule has 0 radical (unpaired) electrons. The monoisotopic (exact) mass is 206 g/mol. The summed E-state index contributed by atoms with van der Waals surface area (Å²) in [6.45, 7) is 2.06. The molecule has 0 atom stereocenters. The Balaban J connectivity index is 2.84. The van der Waals surface area contributed by atoms with Crippen molar-refractivity contribution in [1.29, 1.82) is 0 Å². The summed E-state index contributed by atoms with van der Waals surface area (Å²) < 4.78 is 0. The molecule has 1 heterocycles. The number of nitrogens with zero attached hydrogens (tertiary/aromatic N) is 4. The largest absolute Gasteiger partial charge is 0.243 e. The number of pyridine rings is 1. The molecular weight excluding hydrogens is 200 g/mol. The summed E-state index contributed by atoms with van der Waals surface area (Å²) >= 11 is 5.67. The zero-order chi connectivity index (χ0) is 10.4. The van der Waals surface area contributed by atoms with E-state index in [4.69, 9.17) is 17.1 Å². The van der Waals surface area contributed by atoms with E-state index < -0.39 is 0 Å². The van der Waals surface area contributed by atoms with Crippen LogP contribution < -0.4 is 0 Å². The van der Waals surface area contributed by atoms with Crippen LogP contribution in [0, 0.1) is 18.8 Å². The first-order valence-electron chi connectivity index (χ1n) is 3.86. The summed E-state index contributed by atoms with van der Waals surface area (Å²) in [6.07, 6.45) is 1.60. The molecule has 1 aromatic rings. The fourth-order valence-corrected chi connectivity index (χ4v) is 1.07. The third kappa shape index (κ3) is 2.98. The molecule has 0 aromatic carbocycles. The molecule has 0 amide bonds. The highest BCUT2D eigenvalue weighted by molar-refractivity contribution is 6.29. The van der Waals surface area contributed by atoms with E-state index in [9.17, 15) is 0 Å². The fourth-order valence-electron chi connectivity index (χ4n) is 0.854. The molecule has 5 heteroatoms. The Morgan fingerprint density at radius 2 is 2.50 bits per heavy atom. The summed E-state index contributed by atoms with van der Waals surface area (Å²) in [4.78, 5) is 6.49. The Morgan fingerprint density at radius 1 is 1.71 bits per heavy atom. The third-order valence-electron chi connectivity index (χ3n) is 1.51. The van der Waals surface area contributed by atoms with Gasteiger partial charge in [0.25, 0.3) is 0 Å². The van der Waals surface area contributed by atoms with Gasteiger partial charge >= 0.3 is 0 Å². The van der Waals surface area contributed by atoms with Gasteiger partial charge in [-0.3, -0.25) is 0 Å². The molecule has 1 rings (SSSR count). The number of aryl methyl sites for hydroxylation is 1. The zero-order valence-corrected chi connectivity index (χ0v) is 8.28. The van der Waals surface area contributed by atoms with Crippen LogP contribution in [0.2, 0.25) is 5.15 Å². The highest BCUT2D eigenvalue weighted by Crippen LogP contribution is 2.10. The van der Waals surface area contributed by atoms with Crippen molar-refractivity contribution in [2.45, 2.75) is 6.92 Å². The molecule has 4 nitrogen and oxygen atoms in total. The van der Waals surface area contributed by atoms with Crippen LogP contribution in [-0.4, -0.2) is 11.5 Å². The number of azide groups is 1. The fraction of sp³-hybridized carbons (Fsp3) is 0.222. The molecule has 0 saturated heterocycles. The van der Waals surface area contributed by atoms with E-state index >= 15 is 0 Å². The Kier molecular flexibility index (Phi) is 3.81. The van der Waals surface area contributed by atoms with Gasteiger partial charge in [0.1, 0.15) is 5.15 Å². The predicted octanol–water partition coefficient (Wildman–Crippen LogP) is 2.71. The van der Waals surface area contributed by atoms with Crippen LogP contribution in [0.4, 0.5) is 0 Å². The van der Waals surface area contributed by atoms with Gasteiger partial charge in [-0.2, -0.15) is 0 Å².